The number of thiol groups is 2. The maximum atomic E-state index is 11.9. The molecule has 2 aliphatic rings. The van der Waals surface area contributed by atoms with Gasteiger partial charge in [-0.3, -0.25) is 0 Å². The third kappa shape index (κ3) is 1.63. The van der Waals surface area contributed by atoms with Crippen molar-refractivity contribution in [1.82, 2.24) is 0 Å². The minimum atomic E-state index is -2.96. The van der Waals surface area contributed by atoms with E-state index in [2.05, 4.69) is 0 Å². The lowest BCUT2D eigenvalue weighted by atomic mass is 10.6. The molecule has 2 heterocycles. The van der Waals surface area contributed by atoms with Gasteiger partial charge in [0.25, 0.3) is 0 Å². The van der Waals surface area contributed by atoms with Crippen LogP contribution in [-0.4, -0.2) is 8.42 Å². The van der Waals surface area contributed by atoms with Crippen LogP contribution in [0.2, 0.25) is 0 Å². The maximum Gasteiger partial charge on any atom is 0.228 e. The molecule has 5 heteroatoms. The van der Waals surface area contributed by atoms with Gasteiger partial charge in [0.15, 0.2) is 0 Å². The molecular weight excluding hydrogens is 224 g/mol. The van der Waals surface area contributed by atoms with Crippen molar-refractivity contribution in [3.63, 3.8) is 0 Å². The Hall–Kier alpha value is -0.390. The first-order valence-electron chi connectivity index (χ1n) is 3.73. The van der Waals surface area contributed by atoms with E-state index in [9.17, 15) is 8.42 Å². The van der Waals surface area contributed by atoms with Gasteiger partial charge in [0.1, 0.15) is 0 Å². The van der Waals surface area contributed by atoms with E-state index in [1.165, 1.54) is 0 Å². The van der Waals surface area contributed by atoms with Gasteiger partial charge < -0.3 is 0 Å². The molecule has 0 unspecified atom stereocenters. The first-order chi connectivity index (χ1) is 6.21. The lowest BCUT2D eigenvalue weighted by Crippen LogP contribution is -1.93. The van der Waals surface area contributed by atoms with Crippen molar-refractivity contribution in [1.29, 1.82) is 0 Å². The number of hydrogen-bond acceptors (Lipinski definition) is 2. The van der Waals surface area contributed by atoms with Crippen molar-refractivity contribution in [3.05, 3.63) is 45.9 Å². The Balaban J connectivity index is 2.30. The number of rotatable bonds is 2. The van der Waals surface area contributed by atoms with Gasteiger partial charge in [0, 0.05) is 0 Å². The zero-order chi connectivity index (χ0) is 9.31. The molecule has 0 aromatic rings. The highest BCUT2D eigenvalue weighted by Gasteiger charge is 2.23. The van der Waals surface area contributed by atoms with Gasteiger partial charge in [-0.15, -0.1) is 19.9 Å². The third-order valence-electron chi connectivity index (χ3n) is 1.69. The summed E-state index contributed by atoms with van der Waals surface area (Å²) in [5, 5.41) is 7.14. The zero-order valence-corrected chi connectivity index (χ0v) is 9.34. The quantitative estimate of drug-likeness (QED) is 0.568. The highest BCUT2D eigenvalue weighted by molar-refractivity contribution is 9.15. The van der Waals surface area contributed by atoms with E-state index in [0.717, 1.165) is 0 Å². The Kier molecular flexibility index (Phi) is 2.40. The summed E-state index contributed by atoms with van der Waals surface area (Å²) < 4.78 is 23.8. The average molecular weight is 234 g/mol. The maximum absolute atomic E-state index is 11.9. The van der Waals surface area contributed by atoms with Gasteiger partial charge in [-0.05, 0) is 21.6 Å². The molecule has 0 fully saturated rings. The third-order valence-corrected chi connectivity index (χ3v) is 12.7. The van der Waals surface area contributed by atoms with E-state index in [4.69, 9.17) is 0 Å². The van der Waals surface area contributed by atoms with Crippen LogP contribution >= 0.6 is 19.9 Å². The fourth-order valence-corrected chi connectivity index (χ4v) is 10.4. The predicted octanol–water partition coefficient (Wildman–Crippen LogP) is 2.32. The molecule has 0 atom stereocenters. The summed E-state index contributed by atoms with van der Waals surface area (Å²) >= 11 is 0. The van der Waals surface area contributed by atoms with Crippen LogP contribution in [0.15, 0.2) is 45.9 Å². The standard InChI is InChI=1S/C8H10O2S3/c9-13(10,11-5-1-2-6-11)12-7-3-4-8-12/h1-8,11-12H. The topological polar surface area (TPSA) is 34.1 Å². The van der Waals surface area contributed by atoms with Gasteiger partial charge in [0.2, 0.25) is 7.90 Å². The van der Waals surface area contributed by atoms with Gasteiger partial charge >= 0.3 is 0 Å². The average Bonchev–Trinajstić information content (AvgIpc) is 2.78. The molecule has 0 N–H and O–H groups in total. The van der Waals surface area contributed by atoms with Crippen molar-refractivity contribution in [2.24, 2.45) is 0 Å². The van der Waals surface area contributed by atoms with Crippen molar-refractivity contribution >= 4 is 27.8 Å². The fourth-order valence-electron chi connectivity index (χ4n) is 1.05. The van der Waals surface area contributed by atoms with Crippen LogP contribution in [0, 0.1) is 0 Å². The highest BCUT2D eigenvalue weighted by Crippen LogP contribution is 2.55. The summed E-state index contributed by atoms with van der Waals surface area (Å²) in [4.78, 5) is 0. The Labute approximate surface area is 82.1 Å². The smallest absolute Gasteiger partial charge is 0.208 e. The molecule has 0 spiro atoms. The van der Waals surface area contributed by atoms with E-state index in [0.29, 0.717) is 0 Å². The van der Waals surface area contributed by atoms with E-state index < -0.39 is 27.8 Å². The molecule has 2 nitrogen and oxygen atoms in total. The van der Waals surface area contributed by atoms with Crippen LogP contribution in [-0.2, 0) is 7.90 Å². The largest absolute Gasteiger partial charge is 0.228 e. The van der Waals surface area contributed by atoms with Crippen LogP contribution < -0.4 is 0 Å². The Morgan fingerprint density at radius 1 is 0.692 bits per heavy atom. The van der Waals surface area contributed by atoms with Gasteiger partial charge in [0.05, 0.1) is 0 Å². The molecule has 0 saturated carbocycles. The Morgan fingerprint density at radius 3 is 1.31 bits per heavy atom. The normalized spacial score (nSPS) is 24.9. The molecule has 0 saturated heterocycles. The second kappa shape index (κ2) is 3.40. The summed E-state index contributed by atoms with van der Waals surface area (Å²) in [5.74, 6) is 0. The molecule has 0 aromatic carbocycles. The summed E-state index contributed by atoms with van der Waals surface area (Å²) in [6.07, 6.45) is 7.23. The molecule has 0 aliphatic carbocycles. The molecule has 13 heavy (non-hydrogen) atoms. The van der Waals surface area contributed by atoms with E-state index in [-0.39, 0.29) is 0 Å². The van der Waals surface area contributed by atoms with E-state index in [1.807, 2.05) is 24.3 Å². The molecule has 72 valence electrons. The second-order valence-electron chi connectivity index (χ2n) is 2.53. The molecule has 0 amide bonds. The minimum Gasteiger partial charge on any atom is -0.208 e. The monoisotopic (exact) mass is 234 g/mol. The predicted molar refractivity (Wildman–Crippen MR) is 63.5 cm³/mol. The minimum absolute atomic E-state index is 1.06. The van der Waals surface area contributed by atoms with Crippen molar-refractivity contribution in [3.8, 4) is 0 Å². The molecule has 0 bridgehead atoms. The van der Waals surface area contributed by atoms with Crippen molar-refractivity contribution < 1.29 is 8.42 Å². The van der Waals surface area contributed by atoms with E-state index >= 15 is 0 Å². The van der Waals surface area contributed by atoms with Crippen LogP contribution in [0.4, 0.5) is 0 Å². The van der Waals surface area contributed by atoms with Crippen molar-refractivity contribution in [2.75, 3.05) is 0 Å². The Morgan fingerprint density at radius 2 is 1.00 bits per heavy atom. The summed E-state index contributed by atoms with van der Waals surface area (Å²) in [7, 11) is -5.08. The lowest BCUT2D eigenvalue weighted by molar-refractivity contribution is 0.623. The number of hydrogen-bond donors (Lipinski definition) is 2. The molecule has 0 radical (unpaired) electrons. The molecular formula is C8H10O2S3. The van der Waals surface area contributed by atoms with Gasteiger partial charge in [-0.25, -0.2) is 8.42 Å². The fraction of sp³-hybridized carbons (Fsp3) is 0. The first kappa shape index (κ1) is 9.18. The SMILES string of the molecule is O=S(=O)([SH]1C=CC=C1)[SH]1C=CC=C1. The Bertz CT molecular complexity index is 357. The number of allylic oxidation sites excluding steroid dienone is 4. The van der Waals surface area contributed by atoms with Gasteiger partial charge in [-0.1, -0.05) is 24.3 Å². The summed E-state index contributed by atoms with van der Waals surface area (Å²) in [5.41, 5.74) is 0. The molecule has 0 aromatic heterocycles. The van der Waals surface area contributed by atoms with Crippen LogP contribution in [0.5, 0.6) is 0 Å². The van der Waals surface area contributed by atoms with Gasteiger partial charge in [-0.2, -0.15) is 0 Å². The zero-order valence-electron chi connectivity index (χ0n) is 6.74. The lowest BCUT2D eigenvalue weighted by Gasteiger charge is -2.17. The summed E-state index contributed by atoms with van der Waals surface area (Å²) in [6, 6.07) is 0. The van der Waals surface area contributed by atoms with Crippen LogP contribution in [0.1, 0.15) is 0 Å². The van der Waals surface area contributed by atoms with Crippen LogP contribution in [0.25, 0.3) is 0 Å². The van der Waals surface area contributed by atoms with E-state index in [1.54, 1.807) is 21.6 Å². The van der Waals surface area contributed by atoms with Crippen molar-refractivity contribution in [2.45, 2.75) is 0 Å². The molecule has 2 aliphatic heterocycles. The molecule has 2 rings (SSSR count). The van der Waals surface area contributed by atoms with Crippen LogP contribution in [0.3, 0.4) is 0 Å². The second-order valence-corrected chi connectivity index (χ2v) is 12.3. The summed E-state index contributed by atoms with van der Waals surface area (Å²) in [6.45, 7) is 0. The highest BCUT2D eigenvalue weighted by atomic mass is 33.6. The first-order valence-corrected chi connectivity index (χ1v) is 9.38.